The van der Waals surface area contributed by atoms with E-state index in [0.717, 1.165) is 11.1 Å². The molecule has 0 bridgehead atoms. The van der Waals surface area contributed by atoms with Gasteiger partial charge in [0.2, 0.25) is 5.91 Å². The van der Waals surface area contributed by atoms with E-state index in [0.29, 0.717) is 26.1 Å². The van der Waals surface area contributed by atoms with Gasteiger partial charge in [-0.15, -0.1) is 0 Å². The lowest BCUT2D eigenvalue weighted by atomic mass is 9.89. The van der Waals surface area contributed by atoms with Gasteiger partial charge in [-0.25, -0.2) is 0 Å². The van der Waals surface area contributed by atoms with E-state index in [9.17, 15) is 18.0 Å². The van der Waals surface area contributed by atoms with Gasteiger partial charge >= 0.3 is 6.18 Å². The lowest BCUT2D eigenvalue weighted by molar-refractivity contribution is -0.137. The van der Waals surface area contributed by atoms with Crippen LogP contribution >= 0.6 is 0 Å². The highest BCUT2D eigenvalue weighted by molar-refractivity contribution is 5.79. The molecule has 32 heavy (non-hydrogen) atoms. The topological polar surface area (TPSA) is 60.9 Å². The van der Waals surface area contributed by atoms with Gasteiger partial charge in [0.15, 0.2) is 0 Å². The zero-order valence-electron chi connectivity index (χ0n) is 17.6. The summed E-state index contributed by atoms with van der Waals surface area (Å²) in [6, 6.07) is 19.5. The minimum atomic E-state index is -4.13. The van der Waals surface area contributed by atoms with Crippen molar-refractivity contribution in [3.05, 3.63) is 71.8 Å². The number of likely N-dealkylation sites (tertiary alicyclic amines) is 2. The normalized spacial score (nSPS) is 22.7. The second kappa shape index (κ2) is 10.6. The highest BCUT2D eigenvalue weighted by Gasteiger charge is 2.49. The molecule has 4 rings (SSSR count). The van der Waals surface area contributed by atoms with Crippen LogP contribution < -0.4 is 0 Å². The second-order valence-corrected chi connectivity index (χ2v) is 8.22. The Morgan fingerprint density at radius 1 is 1.00 bits per heavy atom. The summed E-state index contributed by atoms with van der Waals surface area (Å²) < 4.78 is 37.9. The number of fused-ring (bicyclic) bond motifs is 1. The molecular weight excluding hydrogens is 421 g/mol. The van der Waals surface area contributed by atoms with Crippen molar-refractivity contribution >= 4 is 12.4 Å². The van der Waals surface area contributed by atoms with E-state index in [2.05, 4.69) is 0 Å². The number of hydrogen-bond acceptors (Lipinski definition) is 3. The van der Waals surface area contributed by atoms with Crippen molar-refractivity contribution in [3.63, 3.8) is 0 Å². The fourth-order valence-corrected chi connectivity index (χ4v) is 4.81. The van der Waals surface area contributed by atoms with Gasteiger partial charge in [0.25, 0.3) is 6.47 Å². The van der Waals surface area contributed by atoms with Crippen LogP contribution in [0.15, 0.2) is 60.7 Å². The molecular formula is C24H27F3N2O3. The number of hydrogen-bond donors (Lipinski definition) is 1. The average molecular weight is 448 g/mol. The highest BCUT2D eigenvalue weighted by atomic mass is 19.4. The number of carboxylic acid groups (broad SMARTS) is 1. The molecule has 2 fully saturated rings. The van der Waals surface area contributed by atoms with Crippen LogP contribution in [0.2, 0.25) is 0 Å². The Bertz CT molecular complexity index is 877. The number of alkyl halides is 3. The maximum Gasteiger partial charge on any atom is 0.390 e. The van der Waals surface area contributed by atoms with Crippen LogP contribution in [0.5, 0.6) is 0 Å². The Hall–Kier alpha value is -2.87. The number of carbonyl (C=O) groups excluding carboxylic acids is 1. The zero-order chi connectivity index (χ0) is 23.1. The molecule has 0 aromatic heterocycles. The fraction of sp³-hybridized carbons (Fsp3) is 0.417. The summed E-state index contributed by atoms with van der Waals surface area (Å²) in [5, 5.41) is 6.89. The molecule has 2 heterocycles. The van der Waals surface area contributed by atoms with Crippen LogP contribution in [0.25, 0.3) is 0 Å². The maximum atomic E-state index is 13.1. The smallest absolute Gasteiger partial charge is 0.390 e. The summed E-state index contributed by atoms with van der Waals surface area (Å²) in [7, 11) is 0. The number of halogens is 3. The van der Waals surface area contributed by atoms with Crippen LogP contribution in [-0.2, 0) is 16.0 Å². The molecule has 2 aromatic carbocycles. The molecule has 0 aliphatic carbocycles. The van der Waals surface area contributed by atoms with E-state index in [1.54, 1.807) is 0 Å². The number of carbonyl (C=O) groups is 2. The summed E-state index contributed by atoms with van der Waals surface area (Å²) in [5.41, 5.74) is 2.05. The Morgan fingerprint density at radius 2 is 1.59 bits per heavy atom. The van der Waals surface area contributed by atoms with E-state index in [1.807, 2.05) is 70.5 Å². The predicted molar refractivity (Wildman–Crippen MR) is 114 cm³/mol. The summed E-state index contributed by atoms with van der Waals surface area (Å²) in [4.78, 5) is 25.4. The molecule has 0 saturated carbocycles. The van der Waals surface area contributed by atoms with Crippen molar-refractivity contribution in [1.82, 2.24) is 9.80 Å². The third-order valence-corrected chi connectivity index (χ3v) is 6.11. The Labute approximate surface area is 185 Å². The zero-order valence-corrected chi connectivity index (χ0v) is 17.6. The molecule has 0 spiro atoms. The average Bonchev–Trinajstić information content (AvgIpc) is 3.31. The van der Waals surface area contributed by atoms with Gasteiger partial charge in [0.05, 0.1) is 18.9 Å². The Kier molecular flexibility index (Phi) is 7.90. The van der Waals surface area contributed by atoms with E-state index < -0.39 is 12.6 Å². The Balaban J connectivity index is 0.000000913. The standard InChI is InChI=1S/C23H25F3N2O.CH2O2/c24-23(25,26)11-12-27-14-19-15-28(21(29)13-17-7-3-1-4-8-17)22(20(19)16-27)18-9-5-2-6-10-18;2-1-3/h1-10,19-20,22H,11-16H2;1H,(H,2,3)/t19-,20-,22+;/m0./s1. The summed E-state index contributed by atoms with van der Waals surface area (Å²) >= 11 is 0. The quantitative estimate of drug-likeness (QED) is 0.702. The van der Waals surface area contributed by atoms with Gasteiger partial charge in [0.1, 0.15) is 0 Å². The molecule has 0 unspecified atom stereocenters. The third kappa shape index (κ3) is 6.09. The van der Waals surface area contributed by atoms with Gasteiger partial charge in [-0.1, -0.05) is 60.7 Å². The minimum absolute atomic E-state index is 0.0377. The number of nitrogens with zero attached hydrogens (tertiary/aromatic N) is 2. The SMILES string of the molecule is O=C(Cc1ccccc1)N1C[C@@H]2CN(CCC(F)(F)F)C[C@@H]2[C@H]1c1ccccc1.O=CO. The van der Waals surface area contributed by atoms with Crippen molar-refractivity contribution in [3.8, 4) is 0 Å². The van der Waals surface area contributed by atoms with Crippen LogP contribution in [-0.4, -0.2) is 59.6 Å². The summed E-state index contributed by atoms with van der Waals surface area (Å²) in [6.07, 6.45) is -4.56. The molecule has 5 nitrogen and oxygen atoms in total. The van der Waals surface area contributed by atoms with Gasteiger partial charge in [-0.05, 0) is 17.0 Å². The molecule has 2 saturated heterocycles. The van der Waals surface area contributed by atoms with Crippen LogP contribution in [0.4, 0.5) is 13.2 Å². The predicted octanol–water partition coefficient (Wildman–Crippen LogP) is 4.01. The molecule has 1 N–H and O–H groups in total. The first-order valence-electron chi connectivity index (χ1n) is 10.6. The molecule has 172 valence electrons. The van der Waals surface area contributed by atoms with Crippen LogP contribution in [0.3, 0.4) is 0 Å². The summed E-state index contributed by atoms with van der Waals surface area (Å²) in [6.45, 7) is 1.63. The summed E-state index contributed by atoms with van der Waals surface area (Å²) in [5.74, 6) is 0.472. The van der Waals surface area contributed by atoms with Crippen molar-refractivity contribution < 1.29 is 27.9 Å². The largest absolute Gasteiger partial charge is 0.483 e. The van der Waals surface area contributed by atoms with E-state index in [4.69, 9.17) is 9.90 Å². The maximum absolute atomic E-state index is 13.1. The third-order valence-electron chi connectivity index (χ3n) is 6.11. The van der Waals surface area contributed by atoms with E-state index in [-0.39, 0.29) is 36.8 Å². The van der Waals surface area contributed by atoms with Gasteiger partial charge in [0, 0.05) is 32.1 Å². The molecule has 2 aliphatic rings. The van der Waals surface area contributed by atoms with Gasteiger partial charge in [-0.3, -0.25) is 9.59 Å². The second-order valence-electron chi connectivity index (χ2n) is 8.22. The lowest BCUT2D eigenvalue weighted by Crippen LogP contribution is -2.37. The first kappa shape index (κ1) is 23.8. The number of benzene rings is 2. The lowest BCUT2D eigenvalue weighted by Gasteiger charge is -2.30. The van der Waals surface area contributed by atoms with Crippen molar-refractivity contribution in [2.45, 2.75) is 25.1 Å². The minimum Gasteiger partial charge on any atom is -0.483 e. The molecule has 2 aromatic rings. The Morgan fingerprint density at radius 3 is 2.19 bits per heavy atom. The molecule has 1 amide bonds. The number of amides is 1. The first-order chi connectivity index (χ1) is 15.3. The monoisotopic (exact) mass is 448 g/mol. The van der Waals surface area contributed by atoms with Gasteiger partial charge in [-0.2, -0.15) is 13.2 Å². The molecule has 0 radical (unpaired) electrons. The molecule has 8 heteroatoms. The van der Waals surface area contributed by atoms with E-state index in [1.165, 1.54) is 0 Å². The van der Waals surface area contributed by atoms with Crippen molar-refractivity contribution in [1.29, 1.82) is 0 Å². The van der Waals surface area contributed by atoms with Crippen LogP contribution in [0.1, 0.15) is 23.6 Å². The highest BCUT2D eigenvalue weighted by Crippen LogP contribution is 2.45. The van der Waals surface area contributed by atoms with Gasteiger partial charge < -0.3 is 14.9 Å². The van der Waals surface area contributed by atoms with Crippen LogP contribution in [0, 0.1) is 11.8 Å². The number of rotatable bonds is 5. The first-order valence-corrected chi connectivity index (χ1v) is 10.6. The molecule has 2 aliphatic heterocycles. The fourth-order valence-electron chi connectivity index (χ4n) is 4.81. The van der Waals surface area contributed by atoms with Crippen molar-refractivity contribution in [2.24, 2.45) is 11.8 Å². The van der Waals surface area contributed by atoms with Crippen molar-refractivity contribution in [2.75, 3.05) is 26.2 Å². The molecule has 3 atom stereocenters. The van der Waals surface area contributed by atoms with E-state index >= 15 is 0 Å².